The summed E-state index contributed by atoms with van der Waals surface area (Å²) in [6.45, 7) is 0.432. The lowest BCUT2D eigenvalue weighted by Crippen LogP contribution is -2.11. The van der Waals surface area contributed by atoms with Gasteiger partial charge in [-0.3, -0.25) is 4.79 Å². The lowest BCUT2D eigenvalue weighted by molar-refractivity contribution is 0.0947. The van der Waals surface area contributed by atoms with Gasteiger partial charge in [0.15, 0.2) is 5.78 Å². The van der Waals surface area contributed by atoms with E-state index in [0.717, 1.165) is 0 Å². The van der Waals surface area contributed by atoms with Crippen LogP contribution >= 0.6 is 0 Å². The quantitative estimate of drug-likeness (QED) is 0.622. The minimum absolute atomic E-state index is 0.124. The van der Waals surface area contributed by atoms with Crippen LogP contribution in [0.3, 0.4) is 0 Å². The van der Waals surface area contributed by atoms with E-state index in [9.17, 15) is 4.79 Å². The molecular formula is C11H9NO2. The van der Waals surface area contributed by atoms with Crippen LogP contribution in [0.5, 0.6) is 5.75 Å². The van der Waals surface area contributed by atoms with Gasteiger partial charge >= 0.3 is 0 Å². The Morgan fingerprint density at radius 2 is 2.21 bits per heavy atom. The first-order valence-electron chi connectivity index (χ1n) is 4.48. The van der Waals surface area contributed by atoms with E-state index in [1.54, 1.807) is 18.2 Å². The van der Waals surface area contributed by atoms with E-state index in [4.69, 9.17) is 10.00 Å². The molecule has 1 atom stereocenters. The maximum Gasteiger partial charge on any atom is 0.183 e. The van der Waals surface area contributed by atoms with Gasteiger partial charge in [-0.25, -0.2) is 0 Å². The van der Waals surface area contributed by atoms with Crippen molar-refractivity contribution in [3.05, 3.63) is 29.8 Å². The van der Waals surface area contributed by atoms with Gasteiger partial charge in [-0.05, 0) is 12.1 Å². The van der Waals surface area contributed by atoms with Gasteiger partial charge in [0.1, 0.15) is 11.7 Å². The average molecular weight is 187 g/mol. The maximum absolute atomic E-state index is 11.8. The molecule has 0 spiro atoms. The number of fused-ring (bicyclic) bond motifs is 1. The highest BCUT2D eigenvalue weighted by molar-refractivity contribution is 6.01. The summed E-state index contributed by atoms with van der Waals surface area (Å²) < 4.78 is 5.38. The smallest absolute Gasteiger partial charge is 0.183 e. The Morgan fingerprint density at radius 1 is 1.43 bits per heavy atom. The van der Waals surface area contributed by atoms with E-state index in [1.807, 2.05) is 12.1 Å². The van der Waals surface area contributed by atoms with E-state index in [-0.39, 0.29) is 5.78 Å². The summed E-state index contributed by atoms with van der Waals surface area (Å²) in [5.74, 6) is -0.0884. The first kappa shape index (κ1) is 8.76. The van der Waals surface area contributed by atoms with Crippen molar-refractivity contribution in [2.45, 2.75) is 6.42 Å². The van der Waals surface area contributed by atoms with Crippen LogP contribution in [0.4, 0.5) is 0 Å². The summed E-state index contributed by atoms with van der Waals surface area (Å²) in [6, 6.07) is 9.06. The Morgan fingerprint density at radius 3 is 3.00 bits per heavy atom. The number of benzene rings is 1. The number of hydrogen-bond acceptors (Lipinski definition) is 3. The largest absolute Gasteiger partial charge is 0.493 e. The monoisotopic (exact) mass is 187 g/mol. The molecule has 0 amide bonds. The molecular weight excluding hydrogens is 178 g/mol. The number of carbonyl (C=O) groups excluding carboxylic acids is 1. The molecule has 1 heterocycles. The molecule has 70 valence electrons. The fourth-order valence-corrected chi connectivity index (χ4v) is 1.52. The predicted octanol–water partition coefficient (Wildman–Crippen LogP) is 1.79. The Bertz CT molecular complexity index is 406. The normalized spacial score (nSPS) is 20.2. The summed E-state index contributed by atoms with van der Waals surface area (Å²) in [5.41, 5.74) is 0.525. The first-order chi connectivity index (χ1) is 6.83. The third kappa shape index (κ3) is 1.35. The average Bonchev–Trinajstić information content (AvgIpc) is 2.39. The van der Waals surface area contributed by atoms with Gasteiger partial charge in [0.2, 0.25) is 0 Å². The van der Waals surface area contributed by atoms with Crippen molar-refractivity contribution in [1.82, 2.24) is 0 Å². The van der Waals surface area contributed by atoms with Crippen molar-refractivity contribution in [2.24, 2.45) is 5.92 Å². The van der Waals surface area contributed by atoms with Crippen LogP contribution in [-0.4, -0.2) is 12.4 Å². The molecule has 0 aliphatic carbocycles. The summed E-state index contributed by atoms with van der Waals surface area (Å²) in [5, 5.41) is 8.79. The number of hydrogen-bond donors (Lipinski definition) is 0. The number of ketones is 1. The Balaban J connectivity index is 2.46. The molecule has 0 saturated carbocycles. The van der Waals surface area contributed by atoms with Crippen molar-refractivity contribution in [2.75, 3.05) is 6.61 Å². The summed E-state index contributed by atoms with van der Waals surface area (Å²) in [6.07, 6.45) is 0.476. The maximum atomic E-state index is 11.8. The van der Waals surface area contributed by atoms with Crippen LogP contribution < -0.4 is 4.74 Å². The summed E-state index contributed by atoms with van der Waals surface area (Å²) >= 11 is 0. The molecule has 0 fully saturated rings. The molecule has 14 heavy (non-hydrogen) atoms. The molecule has 0 bridgehead atoms. The molecule has 2 rings (SSSR count). The van der Waals surface area contributed by atoms with Gasteiger partial charge in [-0.2, -0.15) is 5.26 Å². The van der Waals surface area contributed by atoms with Crippen LogP contribution in [0.2, 0.25) is 0 Å². The van der Waals surface area contributed by atoms with Crippen molar-refractivity contribution in [3.63, 3.8) is 0 Å². The molecule has 0 saturated heterocycles. The molecule has 1 aliphatic rings. The summed E-state index contributed by atoms with van der Waals surface area (Å²) in [7, 11) is 0. The number of Topliss-reactive ketones (excluding diaryl/α,β-unsaturated/α-hetero) is 1. The highest BCUT2D eigenvalue weighted by Gasteiger charge is 2.25. The van der Waals surface area contributed by atoms with Gasteiger partial charge < -0.3 is 4.74 Å². The molecule has 0 radical (unpaired) electrons. The Labute approximate surface area is 81.9 Å². The number of nitriles is 1. The second-order valence-corrected chi connectivity index (χ2v) is 3.18. The molecule has 3 nitrogen and oxygen atoms in total. The molecule has 0 aromatic heterocycles. The molecule has 1 aromatic rings. The Kier molecular flexibility index (Phi) is 2.19. The zero-order valence-corrected chi connectivity index (χ0v) is 7.56. The van der Waals surface area contributed by atoms with Gasteiger partial charge in [0, 0.05) is 6.42 Å². The number of carbonyl (C=O) groups is 1. The van der Waals surface area contributed by atoms with Crippen LogP contribution in [0, 0.1) is 17.2 Å². The predicted molar refractivity (Wildman–Crippen MR) is 50.0 cm³/mol. The van der Waals surface area contributed by atoms with Gasteiger partial charge in [-0.1, -0.05) is 12.1 Å². The third-order valence-corrected chi connectivity index (χ3v) is 2.29. The van der Waals surface area contributed by atoms with Gasteiger partial charge in [-0.15, -0.1) is 0 Å². The van der Waals surface area contributed by atoms with E-state index in [0.29, 0.717) is 24.3 Å². The highest BCUT2D eigenvalue weighted by atomic mass is 16.5. The number of rotatable bonds is 0. The van der Waals surface area contributed by atoms with Crippen molar-refractivity contribution < 1.29 is 9.53 Å². The third-order valence-electron chi connectivity index (χ3n) is 2.29. The van der Waals surface area contributed by atoms with E-state index < -0.39 is 5.92 Å². The number of para-hydroxylation sites is 1. The first-order valence-corrected chi connectivity index (χ1v) is 4.48. The van der Waals surface area contributed by atoms with Gasteiger partial charge in [0.25, 0.3) is 0 Å². The second-order valence-electron chi connectivity index (χ2n) is 3.18. The molecule has 1 aromatic carbocycles. The van der Waals surface area contributed by atoms with Crippen LogP contribution in [0.15, 0.2) is 24.3 Å². The summed E-state index contributed by atoms with van der Waals surface area (Å²) in [4.78, 5) is 11.8. The van der Waals surface area contributed by atoms with Crippen LogP contribution in [0.25, 0.3) is 0 Å². The zero-order chi connectivity index (χ0) is 9.97. The van der Waals surface area contributed by atoms with E-state index >= 15 is 0 Å². The lowest BCUT2D eigenvalue weighted by Gasteiger charge is -2.03. The second kappa shape index (κ2) is 3.51. The number of ether oxygens (including phenoxy) is 1. The lowest BCUT2D eigenvalue weighted by atomic mass is 9.97. The van der Waals surface area contributed by atoms with Crippen molar-refractivity contribution in [1.29, 1.82) is 5.26 Å². The molecule has 0 unspecified atom stereocenters. The van der Waals surface area contributed by atoms with E-state index in [1.165, 1.54) is 0 Å². The molecule has 0 N–H and O–H groups in total. The van der Waals surface area contributed by atoms with Gasteiger partial charge in [0.05, 0.1) is 18.2 Å². The van der Waals surface area contributed by atoms with Crippen molar-refractivity contribution >= 4 is 5.78 Å². The Hall–Kier alpha value is -1.82. The van der Waals surface area contributed by atoms with Crippen LogP contribution in [-0.2, 0) is 0 Å². The fourth-order valence-electron chi connectivity index (χ4n) is 1.52. The van der Waals surface area contributed by atoms with Crippen LogP contribution in [0.1, 0.15) is 16.8 Å². The number of nitrogens with zero attached hydrogens (tertiary/aromatic N) is 1. The highest BCUT2D eigenvalue weighted by Crippen LogP contribution is 2.25. The molecule has 3 heteroatoms. The van der Waals surface area contributed by atoms with E-state index in [2.05, 4.69) is 0 Å². The topological polar surface area (TPSA) is 50.1 Å². The zero-order valence-electron chi connectivity index (χ0n) is 7.56. The minimum Gasteiger partial charge on any atom is -0.493 e. The SMILES string of the molecule is N#C[C@H]1CCOc2ccccc2C1=O. The van der Waals surface area contributed by atoms with Crippen molar-refractivity contribution in [3.8, 4) is 11.8 Å². The minimum atomic E-state index is -0.557. The standard InChI is InChI=1S/C11H9NO2/c12-7-8-5-6-14-10-4-2-1-3-9(10)11(8)13/h1-4,8H,5-6H2/t8-/m1/s1. The fraction of sp³-hybridized carbons (Fsp3) is 0.273. The molecule has 1 aliphatic heterocycles.